The highest BCUT2D eigenvalue weighted by molar-refractivity contribution is 7.80. The van der Waals surface area contributed by atoms with E-state index >= 15 is 0 Å². The third kappa shape index (κ3) is 1.72. The maximum atomic E-state index is 11.6. The summed E-state index contributed by atoms with van der Waals surface area (Å²) >= 11 is 4.92. The lowest BCUT2D eigenvalue weighted by Gasteiger charge is -2.14. The monoisotopic (exact) mass is 220 g/mol. The largest absolute Gasteiger partial charge is 0.347 e. The van der Waals surface area contributed by atoms with Gasteiger partial charge in [0, 0.05) is 0 Å². The van der Waals surface area contributed by atoms with Crippen molar-refractivity contribution in [3.8, 4) is 0 Å². The molecule has 0 saturated carbocycles. The van der Waals surface area contributed by atoms with Gasteiger partial charge in [-0.25, -0.2) is 0 Å². The van der Waals surface area contributed by atoms with Crippen LogP contribution in [0.4, 0.5) is 0 Å². The van der Waals surface area contributed by atoms with Crippen LogP contribution in [0, 0.1) is 13.8 Å². The zero-order chi connectivity index (χ0) is 11.0. The van der Waals surface area contributed by atoms with E-state index in [-0.39, 0.29) is 11.9 Å². The summed E-state index contributed by atoms with van der Waals surface area (Å²) in [5, 5.41) is 5.98. The molecular weight excluding hydrogens is 208 g/mol. The Balaban J connectivity index is 2.46. The molecule has 1 aromatic rings. The van der Waals surface area contributed by atoms with Crippen molar-refractivity contribution in [1.82, 2.24) is 10.6 Å². The van der Waals surface area contributed by atoms with E-state index in [1.807, 2.05) is 32.0 Å². The highest BCUT2D eigenvalue weighted by Crippen LogP contribution is 2.23. The molecule has 1 aliphatic rings. The van der Waals surface area contributed by atoms with Gasteiger partial charge in [-0.15, -0.1) is 0 Å². The van der Waals surface area contributed by atoms with Gasteiger partial charge >= 0.3 is 0 Å². The number of benzene rings is 1. The lowest BCUT2D eigenvalue weighted by atomic mass is 9.96. The Morgan fingerprint density at radius 2 is 1.87 bits per heavy atom. The average molecular weight is 220 g/mol. The minimum absolute atomic E-state index is 0.0719. The van der Waals surface area contributed by atoms with E-state index in [0.29, 0.717) is 5.11 Å². The van der Waals surface area contributed by atoms with Crippen LogP contribution in [-0.4, -0.2) is 11.0 Å². The molecule has 0 radical (unpaired) electrons. The fourth-order valence-electron chi connectivity index (χ4n) is 1.90. The van der Waals surface area contributed by atoms with Crippen LogP contribution in [-0.2, 0) is 4.79 Å². The number of aryl methyl sites for hydroxylation is 2. The van der Waals surface area contributed by atoms with Crippen molar-refractivity contribution in [3.05, 3.63) is 34.9 Å². The Bertz CT molecular complexity index is 422. The molecule has 1 aromatic carbocycles. The molecule has 1 atom stereocenters. The molecule has 2 N–H and O–H groups in total. The van der Waals surface area contributed by atoms with Crippen LogP contribution in [0.25, 0.3) is 0 Å². The quantitative estimate of drug-likeness (QED) is 0.702. The minimum Gasteiger partial charge on any atom is -0.347 e. The molecule has 0 spiro atoms. The summed E-state index contributed by atoms with van der Waals surface area (Å²) in [6.45, 7) is 4.00. The minimum atomic E-state index is -0.335. The van der Waals surface area contributed by atoms with Crippen molar-refractivity contribution in [2.24, 2.45) is 0 Å². The lowest BCUT2D eigenvalue weighted by molar-refractivity contribution is -0.120. The van der Waals surface area contributed by atoms with Gasteiger partial charge in [0.1, 0.15) is 6.04 Å². The van der Waals surface area contributed by atoms with Gasteiger partial charge in [-0.05, 0) is 42.8 Å². The fraction of sp³-hybridized carbons (Fsp3) is 0.273. The van der Waals surface area contributed by atoms with E-state index in [2.05, 4.69) is 10.6 Å². The van der Waals surface area contributed by atoms with E-state index in [0.717, 1.165) is 16.7 Å². The highest BCUT2D eigenvalue weighted by Gasteiger charge is 2.30. The zero-order valence-corrected chi connectivity index (χ0v) is 9.44. The van der Waals surface area contributed by atoms with Crippen LogP contribution in [0.2, 0.25) is 0 Å². The standard InChI is InChI=1S/C11H12N2OS/c1-6-4-3-5-7(2)8(6)9-10(14)13-11(15)12-9/h3-5,9H,1-2H3,(H2,12,13,14,15). The molecule has 0 aromatic heterocycles. The highest BCUT2D eigenvalue weighted by atomic mass is 32.1. The smallest absolute Gasteiger partial charge is 0.253 e. The first-order chi connectivity index (χ1) is 7.09. The van der Waals surface area contributed by atoms with E-state index in [1.165, 1.54) is 0 Å². The first-order valence-corrected chi connectivity index (χ1v) is 5.18. The van der Waals surface area contributed by atoms with Crippen LogP contribution in [0.15, 0.2) is 18.2 Å². The fourth-order valence-corrected chi connectivity index (χ4v) is 2.12. The number of rotatable bonds is 1. The molecule has 15 heavy (non-hydrogen) atoms. The van der Waals surface area contributed by atoms with Gasteiger partial charge < -0.3 is 10.6 Å². The number of carbonyl (C=O) groups excluding carboxylic acids is 1. The SMILES string of the molecule is Cc1cccc(C)c1C1NC(=S)NC1=O. The molecule has 0 aliphatic carbocycles. The van der Waals surface area contributed by atoms with Gasteiger partial charge in [0.15, 0.2) is 5.11 Å². The number of nitrogens with one attached hydrogen (secondary N) is 2. The summed E-state index contributed by atoms with van der Waals surface area (Å²) in [6, 6.07) is 5.65. The Kier molecular flexibility index (Phi) is 2.44. The molecule has 3 nitrogen and oxygen atoms in total. The third-order valence-corrected chi connectivity index (χ3v) is 2.83. The molecule has 1 heterocycles. The van der Waals surface area contributed by atoms with Crippen molar-refractivity contribution in [3.63, 3.8) is 0 Å². The predicted octanol–water partition coefficient (Wildman–Crippen LogP) is 1.35. The second kappa shape index (κ2) is 3.62. The van der Waals surface area contributed by atoms with Gasteiger partial charge in [0.25, 0.3) is 5.91 Å². The maximum absolute atomic E-state index is 11.6. The molecule has 78 valence electrons. The van der Waals surface area contributed by atoms with Crippen molar-refractivity contribution in [2.75, 3.05) is 0 Å². The summed E-state index contributed by atoms with van der Waals surface area (Å²) in [6.07, 6.45) is 0. The van der Waals surface area contributed by atoms with Gasteiger partial charge in [-0.2, -0.15) is 0 Å². The van der Waals surface area contributed by atoms with E-state index in [4.69, 9.17) is 12.2 Å². The van der Waals surface area contributed by atoms with E-state index in [1.54, 1.807) is 0 Å². The first kappa shape index (κ1) is 10.1. The number of amides is 1. The zero-order valence-electron chi connectivity index (χ0n) is 8.63. The molecule has 1 saturated heterocycles. The average Bonchev–Trinajstić information content (AvgIpc) is 2.45. The summed E-state index contributed by atoms with van der Waals surface area (Å²) in [5.74, 6) is -0.0719. The van der Waals surface area contributed by atoms with Crippen LogP contribution < -0.4 is 10.6 Å². The Labute approximate surface area is 93.9 Å². The Morgan fingerprint density at radius 1 is 1.27 bits per heavy atom. The van der Waals surface area contributed by atoms with Crippen LogP contribution in [0.1, 0.15) is 22.7 Å². The summed E-state index contributed by atoms with van der Waals surface area (Å²) in [5.41, 5.74) is 3.23. The van der Waals surface area contributed by atoms with E-state index < -0.39 is 0 Å². The predicted molar refractivity (Wildman–Crippen MR) is 62.5 cm³/mol. The van der Waals surface area contributed by atoms with Crippen molar-refractivity contribution < 1.29 is 4.79 Å². The van der Waals surface area contributed by atoms with Crippen molar-refractivity contribution in [1.29, 1.82) is 0 Å². The summed E-state index contributed by atoms with van der Waals surface area (Å²) < 4.78 is 0. The number of thiocarbonyl (C=S) groups is 1. The normalized spacial score (nSPS) is 20.0. The van der Waals surface area contributed by atoms with Gasteiger partial charge in [0.2, 0.25) is 0 Å². The molecule has 0 bridgehead atoms. The molecule has 1 aliphatic heterocycles. The second-order valence-electron chi connectivity index (χ2n) is 3.70. The molecule has 2 rings (SSSR count). The molecule has 1 amide bonds. The summed E-state index contributed by atoms with van der Waals surface area (Å²) in [7, 11) is 0. The first-order valence-electron chi connectivity index (χ1n) is 4.77. The molecule has 1 unspecified atom stereocenters. The van der Waals surface area contributed by atoms with Gasteiger partial charge in [-0.3, -0.25) is 4.79 Å². The number of hydrogen-bond donors (Lipinski definition) is 2. The van der Waals surface area contributed by atoms with Crippen LogP contribution in [0.3, 0.4) is 0 Å². The Morgan fingerprint density at radius 3 is 2.33 bits per heavy atom. The molecular formula is C11H12N2OS. The maximum Gasteiger partial charge on any atom is 0.253 e. The molecule has 1 fully saturated rings. The van der Waals surface area contributed by atoms with Crippen LogP contribution >= 0.6 is 12.2 Å². The summed E-state index contributed by atoms with van der Waals surface area (Å²) in [4.78, 5) is 11.6. The molecule has 4 heteroatoms. The van der Waals surface area contributed by atoms with Gasteiger partial charge in [-0.1, -0.05) is 18.2 Å². The van der Waals surface area contributed by atoms with Gasteiger partial charge in [0.05, 0.1) is 0 Å². The van der Waals surface area contributed by atoms with E-state index in [9.17, 15) is 4.79 Å². The lowest BCUT2D eigenvalue weighted by Crippen LogP contribution is -2.22. The van der Waals surface area contributed by atoms with Crippen LogP contribution in [0.5, 0.6) is 0 Å². The second-order valence-corrected chi connectivity index (χ2v) is 4.11. The number of carbonyl (C=O) groups is 1. The van der Waals surface area contributed by atoms with Crippen molar-refractivity contribution in [2.45, 2.75) is 19.9 Å². The Hall–Kier alpha value is -1.42. The number of hydrogen-bond acceptors (Lipinski definition) is 2. The topological polar surface area (TPSA) is 41.1 Å². The van der Waals surface area contributed by atoms with Crippen molar-refractivity contribution >= 4 is 23.2 Å². The third-order valence-electron chi connectivity index (χ3n) is 2.61.